The van der Waals surface area contributed by atoms with Crippen LogP contribution < -0.4 is 5.32 Å². The summed E-state index contributed by atoms with van der Waals surface area (Å²) < 4.78 is 1.11. The maximum atomic E-state index is 4.26. The first-order valence-corrected chi connectivity index (χ1v) is 7.30. The number of nitrogens with one attached hydrogen (secondary N) is 1. The summed E-state index contributed by atoms with van der Waals surface area (Å²) in [5, 5.41) is 8.97. The quantitative estimate of drug-likeness (QED) is 0.759. The Labute approximate surface area is 118 Å². The number of hydrogen-bond acceptors (Lipinski definition) is 3. The second-order valence-electron chi connectivity index (χ2n) is 3.99. The van der Waals surface area contributed by atoms with Crippen molar-refractivity contribution >= 4 is 43.7 Å². The topological polar surface area (TPSA) is 24.9 Å². The highest BCUT2D eigenvalue weighted by molar-refractivity contribution is 9.10. The van der Waals surface area contributed by atoms with Gasteiger partial charge in [-0.25, -0.2) is 4.98 Å². The lowest BCUT2D eigenvalue weighted by Gasteiger charge is -2.06. The Balaban J connectivity index is 1.82. The first-order valence-electron chi connectivity index (χ1n) is 5.63. The molecule has 0 aliphatic rings. The maximum Gasteiger partial charge on any atom is 0.112 e. The van der Waals surface area contributed by atoms with Crippen molar-refractivity contribution < 1.29 is 0 Å². The lowest BCUT2D eigenvalue weighted by Crippen LogP contribution is -1.98. The molecule has 0 aliphatic heterocycles. The monoisotopic (exact) mass is 318 g/mol. The molecule has 4 heteroatoms. The standard InChI is InChI=1S/C14H11BrN2S/c15-12-3-1-11-8-13(4-2-10(11)7-12)17-9-14-16-5-6-18-14/h1-8,17H,9H2. The van der Waals surface area contributed by atoms with Crippen molar-refractivity contribution in [3.63, 3.8) is 0 Å². The molecule has 3 rings (SSSR count). The molecule has 1 aromatic heterocycles. The van der Waals surface area contributed by atoms with Gasteiger partial charge in [0.2, 0.25) is 0 Å². The van der Waals surface area contributed by atoms with E-state index < -0.39 is 0 Å². The predicted octanol–water partition coefficient (Wildman–Crippen LogP) is 4.67. The van der Waals surface area contributed by atoms with E-state index >= 15 is 0 Å². The van der Waals surface area contributed by atoms with Gasteiger partial charge in [0.15, 0.2) is 0 Å². The Morgan fingerprint density at radius 3 is 2.78 bits per heavy atom. The molecule has 0 aliphatic carbocycles. The van der Waals surface area contributed by atoms with Crippen LogP contribution in [0.2, 0.25) is 0 Å². The zero-order valence-corrected chi connectivity index (χ0v) is 12.0. The van der Waals surface area contributed by atoms with E-state index in [9.17, 15) is 0 Å². The minimum absolute atomic E-state index is 0.777. The number of aromatic nitrogens is 1. The fourth-order valence-corrected chi connectivity index (χ4v) is 2.78. The highest BCUT2D eigenvalue weighted by atomic mass is 79.9. The molecule has 2 aromatic carbocycles. The average molecular weight is 319 g/mol. The zero-order valence-electron chi connectivity index (χ0n) is 9.56. The molecule has 0 saturated heterocycles. The minimum Gasteiger partial charge on any atom is -0.379 e. The summed E-state index contributed by atoms with van der Waals surface area (Å²) in [5.41, 5.74) is 1.13. The molecular formula is C14H11BrN2S. The first-order chi connectivity index (χ1) is 8.81. The van der Waals surface area contributed by atoms with Crippen LogP contribution in [0, 0.1) is 0 Å². The molecule has 0 fully saturated rings. The second kappa shape index (κ2) is 5.08. The number of thiazole rings is 1. The van der Waals surface area contributed by atoms with E-state index in [0.29, 0.717) is 0 Å². The Bertz CT molecular complexity index is 665. The van der Waals surface area contributed by atoms with E-state index in [0.717, 1.165) is 21.7 Å². The molecule has 0 spiro atoms. The zero-order chi connectivity index (χ0) is 12.4. The molecule has 1 heterocycles. The van der Waals surface area contributed by atoms with Gasteiger partial charge in [-0.2, -0.15) is 0 Å². The van der Waals surface area contributed by atoms with Crippen LogP contribution in [0.15, 0.2) is 52.4 Å². The van der Waals surface area contributed by atoms with Crippen molar-refractivity contribution in [3.8, 4) is 0 Å². The third-order valence-corrected chi connectivity index (χ3v) is 4.00. The summed E-state index contributed by atoms with van der Waals surface area (Å²) in [6.07, 6.45) is 1.83. The van der Waals surface area contributed by atoms with E-state index in [4.69, 9.17) is 0 Å². The molecule has 0 unspecified atom stereocenters. The lowest BCUT2D eigenvalue weighted by molar-refractivity contribution is 1.10. The Kier molecular flexibility index (Phi) is 3.30. The van der Waals surface area contributed by atoms with Crippen LogP contribution in [0.25, 0.3) is 10.8 Å². The number of anilines is 1. The molecule has 18 heavy (non-hydrogen) atoms. The predicted molar refractivity (Wildman–Crippen MR) is 81.1 cm³/mol. The van der Waals surface area contributed by atoms with E-state index in [2.05, 4.69) is 62.6 Å². The van der Waals surface area contributed by atoms with E-state index in [1.165, 1.54) is 10.8 Å². The van der Waals surface area contributed by atoms with E-state index in [1.807, 2.05) is 11.6 Å². The van der Waals surface area contributed by atoms with Gasteiger partial charge in [-0.1, -0.05) is 28.1 Å². The molecule has 0 bridgehead atoms. The van der Waals surface area contributed by atoms with Gasteiger partial charge in [0, 0.05) is 21.7 Å². The third kappa shape index (κ3) is 2.54. The number of benzene rings is 2. The van der Waals surface area contributed by atoms with Gasteiger partial charge in [-0.05, 0) is 35.0 Å². The number of nitrogens with zero attached hydrogens (tertiary/aromatic N) is 1. The third-order valence-electron chi connectivity index (χ3n) is 2.73. The van der Waals surface area contributed by atoms with Crippen molar-refractivity contribution in [1.29, 1.82) is 0 Å². The Morgan fingerprint density at radius 1 is 1.11 bits per heavy atom. The summed E-state index contributed by atoms with van der Waals surface area (Å²) >= 11 is 5.15. The van der Waals surface area contributed by atoms with Crippen molar-refractivity contribution in [2.24, 2.45) is 0 Å². The summed E-state index contributed by atoms with van der Waals surface area (Å²) in [7, 11) is 0. The largest absolute Gasteiger partial charge is 0.379 e. The van der Waals surface area contributed by atoms with Crippen molar-refractivity contribution in [2.45, 2.75) is 6.54 Å². The summed E-state index contributed by atoms with van der Waals surface area (Å²) in [6, 6.07) is 12.7. The molecule has 2 nitrogen and oxygen atoms in total. The van der Waals surface area contributed by atoms with Gasteiger partial charge < -0.3 is 5.32 Å². The SMILES string of the molecule is Brc1ccc2cc(NCc3nccs3)ccc2c1. The Hall–Kier alpha value is -1.39. The van der Waals surface area contributed by atoms with Crippen LogP contribution >= 0.6 is 27.3 Å². The van der Waals surface area contributed by atoms with Gasteiger partial charge in [0.25, 0.3) is 0 Å². The van der Waals surface area contributed by atoms with Crippen LogP contribution in [-0.4, -0.2) is 4.98 Å². The first kappa shape index (κ1) is 11.7. The van der Waals surface area contributed by atoms with Crippen molar-refractivity contribution in [2.75, 3.05) is 5.32 Å². The van der Waals surface area contributed by atoms with Crippen LogP contribution in [0.1, 0.15) is 5.01 Å². The maximum absolute atomic E-state index is 4.26. The van der Waals surface area contributed by atoms with Gasteiger partial charge in [0.1, 0.15) is 5.01 Å². The fourth-order valence-electron chi connectivity index (χ4n) is 1.84. The molecule has 90 valence electrons. The molecule has 0 radical (unpaired) electrons. The Morgan fingerprint density at radius 2 is 1.94 bits per heavy atom. The average Bonchev–Trinajstić information content (AvgIpc) is 2.89. The highest BCUT2D eigenvalue weighted by Crippen LogP contribution is 2.23. The van der Waals surface area contributed by atoms with Crippen LogP contribution in [0.4, 0.5) is 5.69 Å². The fraction of sp³-hybridized carbons (Fsp3) is 0.0714. The normalized spacial score (nSPS) is 10.7. The number of hydrogen-bond donors (Lipinski definition) is 1. The van der Waals surface area contributed by atoms with Crippen molar-refractivity contribution in [1.82, 2.24) is 4.98 Å². The van der Waals surface area contributed by atoms with Crippen LogP contribution in [0.3, 0.4) is 0 Å². The molecular weight excluding hydrogens is 308 g/mol. The van der Waals surface area contributed by atoms with E-state index in [-0.39, 0.29) is 0 Å². The molecule has 0 atom stereocenters. The summed E-state index contributed by atoms with van der Waals surface area (Å²) in [5.74, 6) is 0. The van der Waals surface area contributed by atoms with Gasteiger partial charge in [-0.3, -0.25) is 0 Å². The molecule has 0 saturated carbocycles. The van der Waals surface area contributed by atoms with Crippen LogP contribution in [-0.2, 0) is 6.54 Å². The smallest absolute Gasteiger partial charge is 0.112 e. The molecule has 0 amide bonds. The number of fused-ring (bicyclic) bond motifs is 1. The van der Waals surface area contributed by atoms with Gasteiger partial charge in [0.05, 0.1) is 6.54 Å². The lowest BCUT2D eigenvalue weighted by atomic mass is 10.1. The summed E-state index contributed by atoms with van der Waals surface area (Å²) in [4.78, 5) is 4.26. The van der Waals surface area contributed by atoms with Gasteiger partial charge in [-0.15, -0.1) is 11.3 Å². The van der Waals surface area contributed by atoms with Crippen LogP contribution in [0.5, 0.6) is 0 Å². The summed E-state index contributed by atoms with van der Waals surface area (Å²) in [6.45, 7) is 0.777. The van der Waals surface area contributed by atoms with Gasteiger partial charge >= 0.3 is 0 Å². The number of halogens is 1. The van der Waals surface area contributed by atoms with Crippen molar-refractivity contribution in [3.05, 3.63) is 57.5 Å². The molecule has 3 aromatic rings. The second-order valence-corrected chi connectivity index (χ2v) is 5.88. The number of rotatable bonds is 3. The van der Waals surface area contributed by atoms with E-state index in [1.54, 1.807) is 11.3 Å². The minimum atomic E-state index is 0.777. The molecule has 1 N–H and O–H groups in total. The highest BCUT2D eigenvalue weighted by Gasteiger charge is 1.99.